The van der Waals surface area contributed by atoms with E-state index in [2.05, 4.69) is 22.5 Å². The summed E-state index contributed by atoms with van der Waals surface area (Å²) in [4.78, 5) is 7.59. The average molecular weight is 461 g/mol. The highest BCUT2D eigenvalue weighted by atomic mass is 35.5. The molecule has 1 aromatic heterocycles. The van der Waals surface area contributed by atoms with E-state index in [1.807, 2.05) is 24.3 Å². The van der Waals surface area contributed by atoms with Crippen LogP contribution in [-0.2, 0) is 23.1 Å². The fourth-order valence-electron chi connectivity index (χ4n) is 4.42. The van der Waals surface area contributed by atoms with Gasteiger partial charge in [0.25, 0.3) is 0 Å². The van der Waals surface area contributed by atoms with Crippen LogP contribution in [0.4, 0.5) is 0 Å². The molecule has 1 aliphatic heterocycles. The summed E-state index contributed by atoms with van der Waals surface area (Å²) < 4.78 is 28.6. The molecule has 1 unspecified atom stereocenters. The van der Waals surface area contributed by atoms with Crippen LogP contribution in [0.3, 0.4) is 0 Å². The molecule has 0 saturated carbocycles. The van der Waals surface area contributed by atoms with E-state index in [0.717, 1.165) is 54.2 Å². The number of aromatic nitrogens is 2. The molecule has 2 aromatic carbocycles. The van der Waals surface area contributed by atoms with Crippen LogP contribution in [0.15, 0.2) is 47.4 Å². The van der Waals surface area contributed by atoms with Crippen molar-refractivity contribution in [2.45, 2.75) is 50.2 Å². The van der Waals surface area contributed by atoms with E-state index < -0.39 is 10.0 Å². The lowest BCUT2D eigenvalue weighted by molar-refractivity contribution is 0.239. The third kappa shape index (κ3) is 4.24. The van der Waals surface area contributed by atoms with Crippen LogP contribution in [0.1, 0.15) is 43.6 Å². The van der Waals surface area contributed by atoms with E-state index in [4.69, 9.17) is 16.6 Å². The lowest BCUT2D eigenvalue weighted by atomic mass is 10.0. The fraction of sp³-hybridized carbons (Fsp3) is 0.435. The third-order valence-corrected chi connectivity index (χ3v) is 8.15. The smallest absolute Gasteiger partial charge is 0.242 e. The van der Waals surface area contributed by atoms with Crippen LogP contribution in [0.2, 0.25) is 5.02 Å². The summed E-state index contributed by atoms with van der Waals surface area (Å²) >= 11 is 6.50. The van der Waals surface area contributed by atoms with Gasteiger partial charge in [0.05, 0.1) is 22.5 Å². The van der Waals surface area contributed by atoms with Crippen molar-refractivity contribution in [1.29, 1.82) is 0 Å². The molecule has 2 heterocycles. The summed E-state index contributed by atoms with van der Waals surface area (Å²) in [7, 11) is -0.408. The number of fused-ring (bicyclic) bond motifs is 1. The quantitative estimate of drug-likeness (QED) is 0.513. The zero-order chi connectivity index (χ0) is 22.2. The van der Waals surface area contributed by atoms with Gasteiger partial charge in [-0.3, -0.25) is 4.90 Å². The Morgan fingerprint density at radius 1 is 1.19 bits per heavy atom. The highest BCUT2D eigenvalue weighted by Gasteiger charge is 2.29. The van der Waals surface area contributed by atoms with Crippen molar-refractivity contribution in [3.05, 3.63) is 58.9 Å². The standard InChI is InChI=1S/C23H29ClN4O2S/c1-4-13-28-22-12-11-17(31(29,30)26(2)3)15-20(22)25-23(28)16-27-14-7-10-21(27)18-8-5-6-9-19(18)24/h5-6,8-9,11-12,15,21H,4,7,10,13-14,16H2,1-3H3. The Balaban J connectivity index is 1.71. The van der Waals surface area contributed by atoms with Gasteiger partial charge in [0, 0.05) is 31.7 Å². The molecular weight excluding hydrogens is 432 g/mol. The molecule has 1 aliphatic rings. The summed E-state index contributed by atoms with van der Waals surface area (Å²) in [6.07, 6.45) is 3.17. The van der Waals surface area contributed by atoms with Crippen molar-refractivity contribution in [3.63, 3.8) is 0 Å². The number of rotatable bonds is 7. The molecular formula is C23H29ClN4O2S. The molecule has 166 valence electrons. The SMILES string of the molecule is CCCn1c(CN2CCCC2c2ccccc2Cl)nc2cc(S(=O)(=O)N(C)C)ccc21. The molecule has 1 fully saturated rings. The van der Waals surface area contributed by atoms with Crippen molar-refractivity contribution in [1.82, 2.24) is 18.8 Å². The molecule has 3 aromatic rings. The Kier molecular flexibility index (Phi) is 6.40. The van der Waals surface area contributed by atoms with Crippen LogP contribution >= 0.6 is 11.6 Å². The second-order valence-electron chi connectivity index (χ2n) is 8.27. The Morgan fingerprint density at radius 2 is 1.97 bits per heavy atom. The van der Waals surface area contributed by atoms with E-state index in [1.165, 1.54) is 9.87 Å². The van der Waals surface area contributed by atoms with Gasteiger partial charge in [0.15, 0.2) is 0 Å². The second-order valence-corrected chi connectivity index (χ2v) is 10.8. The van der Waals surface area contributed by atoms with Gasteiger partial charge in [0.2, 0.25) is 10.0 Å². The largest absolute Gasteiger partial charge is 0.327 e. The Bertz CT molecular complexity index is 1190. The maximum absolute atomic E-state index is 12.6. The minimum Gasteiger partial charge on any atom is -0.327 e. The molecule has 0 amide bonds. The van der Waals surface area contributed by atoms with Gasteiger partial charge >= 0.3 is 0 Å². The first-order valence-corrected chi connectivity index (χ1v) is 12.5. The van der Waals surface area contributed by atoms with Gasteiger partial charge in [-0.1, -0.05) is 36.7 Å². The zero-order valence-corrected chi connectivity index (χ0v) is 19.8. The first kappa shape index (κ1) is 22.3. The molecule has 6 nitrogen and oxygen atoms in total. The number of hydrogen-bond donors (Lipinski definition) is 0. The monoisotopic (exact) mass is 460 g/mol. The number of sulfonamides is 1. The Hall–Kier alpha value is -1.93. The van der Waals surface area contributed by atoms with Crippen molar-refractivity contribution < 1.29 is 8.42 Å². The molecule has 31 heavy (non-hydrogen) atoms. The van der Waals surface area contributed by atoms with Crippen molar-refractivity contribution in [2.24, 2.45) is 0 Å². The van der Waals surface area contributed by atoms with Crippen LogP contribution in [0, 0.1) is 0 Å². The van der Waals surface area contributed by atoms with Crippen LogP contribution in [0.5, 0.6) is 0 Å². The average Bonchev–Trinajstić information content (AvgIpc) is 3.33. The molecule has 0 N–H and O–H groups in total. The number of nitrogens with zero attached hydrogens (tertiary/aromatic N) is 4. The fourth-order valence-corrected chi connectivity index (χ4v) is 5.60. The van der Waals surface area contributed by atoms with Gasteiger partial charge < -0.3 is 4.57 Å². The molecule has 0 spiro atoms. The number of imidazole rings is 1. The van der Waals surface area contributed by atoms with Crippen molar-refractivity contribution >= 4 is 32.7 Å². The minimum absolute atomic E-state index is 0.271. The molecule has 0 bridgehead atoms. The van der Waals surface area contributed by atoms with Gasteiger partial charge in [-0.15, -0.1) is 0 Å². The molecule has 4 rings (SSSR count). The summed E-state index contributed by atoms with van der Waals surface area (Å²) in [6.45, 7) is 4.69. The topological polar surface area (TPSA) is 58.4 Å². The van der Waals surface area contributed by atoms with E-state index >= 15 is 0 Å². The summed E-state index contributed by atoms with van der Waals surface area (Å²) in [5.74, 6) is 0.968. The van der Waals surface area contributed by atoms with E-state index in [1.54, 1.807) is 26.2 Å². The van der Waals surface area contributed by atoms with Crippen molar-refractivity contribution in [3.8, 4) is 0 Å². The van der Waals surface area contributed by atoms with Crippen molar-refractivity contribution in [2.75, 3.05) is 20.6 Å². The van der Waals surface area contributed by atoms with E-state index in [-0.39, 0.29) is 10.9 Å². The Labute approximate surface area is 189 Å². The maximum Gasteiger partial charge on any atom is 0.242 e. The van der Waals surface area contributed by atoms with Crippen LogP contribution < -0.4 is 0 Å². The second kappa shape index (κ2) is 8.90. The Morgan fingerprint density at radius 3 is 2.68 bits per heavy atom. The minimum atomic E-state index is -3.50. The van der Waals surface area contributed by atoms with E-state index in [9.17, 15) is 8.42 Å². The molecule has 0 aliphatic carbocycles. The first-order valence-electron chi connectivity index (χ1n) is 10.7. The number of halogens is 1. The highest BCUT2D eigenvalue weighted by molar-refractivity contribution is 7.89. The first-order chi connectivity index (χ1) is 14.8. The lowest BCUT2D eigenvalue weighted by Crippen LogP contribution is -2.25. The van der Waals surface area contributed by atoms with Crippen LogP contribution in [-0.4, -0.2) is 47.8 Å². The third-order valence-electron chi connectivity index (χ3n) is 6.00. The molecule has 0 radical (unpaired) electrons. The van der Waals surface area contributed by atoms with Gasteiger partial charge in [0.1, 0.15) is 5.82 Å². The molecule has 8 heteroatoms. The highest BCUT2D eigenvalue weighted by Crippen LogP contribution is 2.37. The van der Waals surface area contributed by atoms with Gasteiger partial charge in [-0.2, -0.15) is 0 Å². The summed E-state index contributed by atoms with van der Waals surface area (Å²) in [6, 6.07) is 13.6. The predicted molar refractivity (Wildman–Crippen MR) is 125 cm³/mol. The van der Waals surface area contributed by atoms with E-state index in [0.29, 0.717) is 6.54 Å². The predicted octanol–water partition coefficient (Wildman–Crippen LogP) is 4.69. The lowest BCUT2D eigenvalue weighted by Gasteiger charge is -2.25. The number of hydrogen-bond acceptors (Lipinski definition) is 4. The van der Waals surface area contributed by atoms with Gasteiger partial charge in [-0.25, -0.2) is 17.7 Å². The number of benzene rings is 2. The molecule has 1 saturated heterocycles. The number of aryl methyl sites for hydroxylation is 1. The summed E-state index contributed by atoms with van der Waals surface area (Å²) in [5, 5.41) is 0.806. The molecule has 1 atom stereocenters. The van der Waals surface area contributed by atoms with Gasteiger partial charge in [-0.05, 0) is 55.6 Å². The number of likely N-dealkylation sites (tertiary alicyclic amines) is 1. The normalized spacial score (nSPS) is 17.8. The summed E-state index contributed by atoms with van der Waals surface area (Å²) in [5.41, 5.74) is 2.86. The van der Waals surface area contributed by atoms with Crippen LogP contribution in [0.25, 0.3) is 11.0 Å². The zero-order valence-electron chi connectivity index (χ0n) is 18.3. The maximum atomic E-state index is 12.6.